The van der Waals surface area contributed by atoms with E-state index in [1.165, 1.54) is 7.11 Å². The summed E-state index contributed by atoms with van der Waals surface area (Å²) in [6.07, 6.45) is 1.04. The van der Waals surface area contributed by atoms with Crippen molar-refractivity contribution in [2.24, 2.45) is 5.92 Å². The number of nitrogens with one attached hydrogen (secondary N) is 1. The molecule has 0 saturated heterocycles. The number of ketones is 1. The van der Waals surface area contributed by atoms with Gasteiger partial charge in [0.25, 0.3) is 0 Å². The number of carbonyl (C=O) groups is 2. The van der Waals surface area contributed by atoms with Gasteiger partial charge in [-0.15, -0.1) is 10.2 Å². The highest BCUT2D eigenvalue weighted by atomic mass is 16.5. The minimum absolute atomic E-state index is 0.0166. The zero-order valence-corrected chi connectivity index (χ0v) is 21.3. The Morgan fingerprint density at radius 1 is 0.838 bits per heavy atom. The first-order valence-electron chi connectivity index (χ1n) is 12.4. The molecular formula is C30H31N3O4. The highest BCUT2D eigenvalue weighted by molar-refractivity contribution is 5.96. The first-order valence-corrected chi connectivity index (χ1v) is 12.4. The van der Waals surface area contributed by atoms with E-state index in [1.807, 2.05) is 66.7 Å². The van der Waals surface area contributed by atoms with Gasteiger partial charge in [0, 0.05) is 35.2 Å². The van der Waals surface area contributed by atoms with E-state index in [9.17, 15) is 9.59 Å². The van der Waals surface area contributed by atoms with E-state index in [2.05, 4.69) is 46.2 Å². The van der Waals surface area contributed by atoms with Crippen LogP contribution < -0.4 is 5.32 Å². The van der Waals surface area contributed by atoms with Gasteiger partial charge < -0.3 is 14.5 Å². The molecule has 0 aliphatic rings. The summed E-state index contributed by atoms with van der Waals surface area (Å²) < 4.78 is 10.5. The van der Waals surface area contributed by atoms with Gasteiger partial charge >= 0.3 is 5.97 Å². The number of Topliss-reactive ketones (excluding diaryl/α,β-unsaturated/α-hetero) is 1. The molecule has 0 amide bonds. The van der Waals surface area contributed by atoms with Crippen molar-refractivity contribution < 1.29 is 18.7 Å². The van der Waals surface area contributed by atoms with Crippen LogP contribution in [0, 0.1) is 5.92 Å². The van der Waals surface area contributed by atoms with E-state index in [0.717, 1.165) is 22.4 Å². The quantitative estimate of drug-likeness (QED) is 0.181. The first-order chi connectivity index (χ1) is 17.9. The van der Waals surface area contributed by atoms with Crippen LogP contribution in [0.25, 0.3) is 22.9 Å². The van der Waals surface area contributed by atoms with Crippen LogP contribution in [0.3, 0.4) is 0 Å². The molecule has 0 aliphatic heterocycles. The molecule has 1 aromatic heterocycles. The Morgan fingerprint density at radius 2 is 1.46 bits per heavy atom. The van der Waals surface area contributed by atoms with Gasteiger partial charge in [0.1, 0.15) is 0 Å². The highest BCUT2D eigenvalue weighted by Crippen LogP contribution is 2.30. The van der Waals surface area contributed by atoms with Gasteiger partial charge in [-0.05, 0) is 66.4 Å². The number of nitrogens with zero attached hydrogens (tertiary/aromatic N) is 2. The predicted molar refractivity (Wildman–Crippen MR) is 143 cm³/mol. The van der Waals surface area contributed by atoms with Crippen LogP contribution in [-0.2, 0) is 9.53 Å². The number of hydrogen-bond acceptors (Lipinski definition) is 7. The van der Waals surface area contributed by atoms with Gasteiger partial charge in [-0.2, -0.15) is 0 Å². The summed E-state index contributed by atoms with van der Waals surface area (Å²) in [5, 5.41) is 12.0. The van der Waals surface area contributed by atoms with E-state index in [4.69, 9.17) is 4.42 Å². The van der Waals surface area contributed by atoms with E-state index < -0.39 is 0 Å². The zero-order valence-electron chi connectivity index (χ0n) is 21.3. The van der Waals surface area contributed by atoms with Crippen molar-refractivity contribution in [2.75, 3.05) is 12.4 Å². The fraction of sp³-hybridized carbons (Fsp3) is 0.267. The standard InChI is InChI=1S/C30H31N3O4/c1-20(2)28(31-25-18-16-21(17-19-25)26(34)10-7-11-27(35)36-3)22-12-14-24(15-13-22)30-33-32-29(37-30)23-8-5-4-6-9-23/h4-6,8-9,12-20,28,31H,7,10-11H2,1-3H3/t28-/m0/s1. The Balaban J connectivity index is 1.41. The fourth-order valence-electron chi connectivity index (χ4n) is 4.08. The number of rotatable bonds is 11. The minimum Gasteiger partial charge on any atom is -0.469 e. The van der Waals surface area contributed by atoms with Gasteiger partial charge in [-0.3, -0.25) is 9.59 Å². The third kappa shape index (κ3) is 6.70. The average Bonchev–Trinajstić information content (AvgIpc) is 3.43. The largest absolute Gasteiger partial charge is 0.469 e. The monoisotopic (exact) mass is 497 g/mol. The summed E-state index contributed by atoms with van der Waals surface area (Å²) in [4.78, 5) is 23.7. The number of benzene rings is 3. The lowest BCUT2D eigenvalue weighted by Crippen LogP contribution is -2.16. The SMILES string of the molecule is COC(=O)CCCC(=O)c1ccc(N[C@H](c2ccc(-c3nnc(-c4ccccc4)o3)cc2)C(C)C)cc1. The lowest BCUT2D eigenvalue weighted by molar-refractivity contribution is -0.140. The average molecular weight is 498 g/mol. The normalized spacial score (nSPS) is 11.8. The molecule has 0 fully saturated rings. The first kappa shape index (κ1) is 25.8. The van der Waals surface area contributed by atoms with Gasteiger partial charge in [-0.25, -0.2) is 0 Å². The summed E-state index contributed by atoms with van der Waals surface area (Å²) in [5.41, 5.74) is 4.44. The maximum absolute atomic E-state index is 12.4. The number of ether oxygens (including phenoxy) is 1. The molecule has 4 aromatic rings. The maximum atomic E-state index is 12.4. The van der Waals surface area contributed by atoms with Gasteiger partial charge in [-0.1, -0.05) is 44.2 Å². The van der Waals surface area contributed by atoms with Crippen molar-refractivity contribution in [1.29, 1.82) is 0 Å². The summed E-state index contributed by atoms with van der Waals surface area (Å²) >= 11 is 0. The summed E-state index contributed by atoms with van der Waals surface area (Å²) in [6, 6.07) is 25.4. The molecule has 7 heteroatoms. The van der Waals surface area contributed by atoms with E-state index in [0.29, 0.717) is 36.1 Å². The zero-order chi connectivity index (χ0) is 26.2. The number of hydrogen-bond donors (Lipinski definition) is 1. The Kier molecular flexibility index (Phi) is 8.46. The second-order valence-corrected chi connectivity index (χ2v) is 9.20. The van der Waals surface area contributed by atoms with Crippen LogP contribution in [0.4, 0.5) is 5.69 Å². The minimum atomic E-state index is -0.297. The maximum Gasteiger partial charge on any atom is 0.305 e. The smallest absolute Gasteiger partial charge is 0.305 e. The molecule has 0 radical (unpaired) electrons. The lowest BCUT2D eigenvalue weighted by Gasteiger charge is -2.24. The summed E-state index contributed by atoms with van der Waals surface area (Å²) in [5.74, 6) is 1.01. The molecule has 4 rings (SSSR count). The molecule has 37 heavy (non-hydrogen) atoms. The van der Waals surface area contributed by atoms with E-state index in [-0.39, 0.29) is 24.2 Å². The molecule has 1 heterocycles. The molecule has 7 nitrogen and oxygen atoms in total. The molecule has 0 saturated carbocycles. The van der Waals surface area contributed by atoms with Crippen molar-refractivity contribution in [1.82, 2.24) is 10.2 Å². The van der Waals surface area contributed by atoms with Gasteiger partial charge in [0.05, 0.1) is 13.2 Å². The number of aromatic nitrogens is 2. The molecule has 0 unspecified atom stereocenters. The second-order valence-electron chi connectivity index (χ2n) is 9.20. The summed E-state index contributed by atoms with van der Waals surface area (Å²) in [7, 11) is 1.35. The van der Waals surface area contributed by atoms with Crippen LogP contribution in [0.2, 0.25) is 0 Å². The molecule has 0 spiro atoms. The molecule has 1 N–H and O–H groups in total. The van der Waals surface area contributed by atoms with Crippen LogP contribution >= 0.6 is 0 Å². The van der Waals surface area contributed by atoms with E-state index >= 15 is 0 Å². The van der Waals surface area contributed by atoms with Crippen LogP contribution in [0.5, 0.6) is 0 Å². The number of methoxy groups -OCH3 is 1. The van der Waals surface area contributed by atoms with Crippen molar-refractivity contribution in [3.8, 4) is 22.9 Å². The van der Waals surface area contributed by atoms with Crippen molar-refractivity contribution in [2.45, 2.75) is 39.2 Å². The number of anilines is 1. The number of esters is 1. The number of carbonyl (C=O) groups excluding carboxylic acids is 2. The molecular weight excluding hydrogens is 466 g/mol. The second kappa shape index (κ2) is 12.1. The Labute approximate surface area is 216 Å². The highest BCUT2D eigenvalue weighted by Gasteiger charge is 2.17. The van der Waals surface area contributed by atoms with E-state index in [1.54, 1.807) is 0 Å². The van der Waals surface area contributed by atoms with Crippen LogP contribution in [-0.4, -0.2) is 29.1 Å². The molecule has 190 valence electrons. The molecule has 1 atom stereocenters. The molecule has 0 aliphatic carbocycles. The van der Waals surface area contributed by atoms with Crippen molar-refractivity contribution >= 4 is 17.4 Å². The third-order valence-corrected chi connectivity index (χ3v) is 6.17. The lowest BCUT2D eigenvalue weighted by atomic mass is 9.94. The fourth-order valence-corrected chi connectivity index (χ4v) is 4.08. The van der Waals surface area contributed by atoms with Crippen molar-refractivity contribution in [3.63, 3.8) is 0 Å². The topological polar surface area (TPSA) is 94.3 Å². The molecule has 0 bridgehead atoms. The van der Waals surface area contributed by atoms with Crippen LogP contribution in [0.15, 0.2) is 83.3 Å². The Hall–Kier alpha value is -4.26. The summed E-state index contributed by atoms with van der Waals surface area (Å²) in [6.45, 7) is 4.32. The van der Waals surface area contributed by atoms with Gasteiger partial charge in [0.2, 0.25) is 11.8 Å². The Bertz CT molecular complexity index is 1310. The molecule has 3 aromatic carbocycles. The predicted octanol–water partition coefficient (Wildman–Crippen LogP) is 6.74. The Morgan fingerprint density at radius 3 is 2.05 bits per heavy atom. The van der Waals surface area contributed by atoms with Crippen LogP contribution in [0.1, 0.15) is 55.1 Å². The third-order valence-electron chi connectivity index (χ3n) is 6.17. The van der Waals surface area contributed by atoms with Crippen molar-refractivity contribution in [3.05, 3.63) is 90.0 Å². The van der Waals surface area contributed by atoms with Gasteiger partial charge in [0.15, 0.2) is 5.78 Å².